The monoisotopic (exact) mass is 220 g/mol. The van der Waals surface area contributed by atoms with Crippen LogP contribution in [0, 0.1) is 5.92 Å². The van der Waals surface area contributed by atoms with E-state index in [1.165, 1.54) is 24.9 Å². The molecule has 1 aliphatic rings. The number of hydrogen-bond donors (Lipinski definition) is 2. The van der Waals surface area contributed by atoms with E-state index in [9.17, 15) is 9.90 Å². The molecule has 4 heteroatoms. The number of rotatable bonds is 4. The number of aromatic hydroxyl groups is 1. The summed E-state index contributed by atoms with van der Waals surface area (Å²) in [6.07, 6.45) is 6.18. The first-order chi connectivity index (χ1) is 7.70. The van der Waals surface area contributed by atoms with Crippen LogP contribution < -0.4 is 5.32 Å². The van der Waals surface area contributed by atoms with Crippen LogP contribution in [0.3, 0.4) is 0 Å². The van der Waals surface area contributed by atoms with Gasteiger partial charge in [0.05, 0.1) is 11.8 Å². The van der Waals surface area contributed by atoms with Crippen LogP contribution >= 0.6 is 0 Å². The SMILES string of the molecule is CCCC1CC1NC(=O)c1cncc(O)c1. The summed E-state index contributed by atoms with van der Waals surface area (Å²) in [5.74, 6) is 0.514. The fourth-order valence-electron chi connectivity index (χ4n) is 1.92. The number of nitrogens with zero attached hydrogens (tertiary/aromatic N) is 1. The molecule has 2 rings (SSSR count). The number of nitrogens with one attached hydrogen (secondary N) is 1. The average Bonchev–Trinajstić information content (AvgIpc) is 2.97. The largest absolute Gasteiger partial charge is 0.506 e. The third-order valence-corrected chi connectivity index (χ3v) is 2.88. The number of pyridine rings is 1. The van der Waals surface area contributed by atoms with Crippen molar-refractivity contribution in [3.63, 3.8) is 0 Å². The van der Waals surface area contributed by atoms with Crippen molar-refractivity contribution >= 4 is 5.91 Å². The van der Waals surface area contributed by atoms with Crippen molar-refractivity contribution in [1.29, 1.82) is 0 Å². The molecule has 2 atom stereocenters. The van der Waals surface area contributed by atoms with Crippen LogP contribution in [0.1, 0.15) is 36.5 Å². The van der Waals surface area contributed by atoms with E-state index in [0.717, 1.165) is 12.8 Å². The van der Waals surface area contributed by atoms with E-state index in [1.54, 1.807) is 0 Å². The maximum atomic E-state index is 11.7. The summed E-state index contributed by atoms with van der Waals surface area (Å²) in [4.78, 5) is 15.5. The minimum atomic E-state index is -0.146. The predicted molar refractivity (Wildman–Crippen MR) is 60.2 cm³/mol. The molecule has 86 valence electrons. The molecule has 0 spiro atoms. The van der Waals surface area contributed by atoms with Crippen LogP contribution in [0.25, 0.3) is 0 Å². The Morgan fingerprint density at radius 3 is 3.12 bits per heavy atom. The topological polar surface area (TPSA) is 62.2 Å². The maximum absolute atomic E-state index is 11.7. The molecule has 16 heavy (non-hydrogen) atoms. The van der Waals surface area contributed by atoms with Crippen LogP contribution in [-0.2, 0) is 0 Å². The maximum Gasteiger partial charge on any atom is 0.253 e. The van der Waals surface area contributed by atoms with Gasteiger partial charge in [-0.2, -0.15) is 0 Å². The first-order valence-electron chi connectivity index (χ1n) is 5.65. The van der Waals surface area contributed by atoms with E-state index in [4.69, 9.17) is 0 Å². The van der Waals surface area contributed by atoms with Crippen molar-refractivity contribution < 1.29 is 9.90 Å². The summed E-state index contributed by atoms with van der Waals surface area (Å²) in [7, 11) is 0. The molecule has 0 radical (unpaired) electrons. The Balaban J connectivity index is 1.90. The molecule has 0 aromatic carbocycles. The lowest BCUT2D eigenvalue weighted by atomic mass is 10.2. The van der Waals surface area contributed by atoms with E-state index >= 15 is 0 Å². The summed E-state index contributed by atoms with van der Waals surface area (Å²) in [5, 5.41) is 12.1. The smallest absolute Gasteiger partial charge is 0.253 e. The second-order valence-electron chi connectivity index (χ2n) is 4.30. The highest BCUT2D eigenvalue weighted by Gasteiger charge is 2.37. The second-order valence-corrected chi connectivity index (χ2v) is 4.30. The molecule has 4 nitrogen and oxygen atoms in total. The van der Waals surface area contributed by atoms with Crippen molar-refractivity contribution in [3.8, 4) is 5.75 Å². The minimum Gasteiger partial charge on any atom is -0.506 e. The summed E-state index contributed by atoms with van der Waals surface area (Å²) in [6.45, 7) is 2.15. The molecule has 0 saturated heterocycles. The number of aromatic nitrogens is 1. The minimum absolute atomic E-state index is 0.0218. The fourth-order valence-corrected chi connectivity index (χ4v) is 1.92. The normalized spacial score (nSPS) is 22.8. The standard InChI is InChI=1S/C12H16N2O2/c1-2-3-8-5-11(8)14-12(16)9-4-10(15)7-13-6-9/h4,6-8,11,15H,2-3,5H2,1H3,(H,14,16). The van der Waals surface area contributed by atoms with Crippen LogP contribution in [0.5, 0.6) is 5.75 Å². The molecule has 1 aromatic rings. The van der Waals surface area contributed by atoms with Crippen molar-refractivity contribution in [1.82, 2.24) is 10.3 Å². The lowest BCUT2D eigenvalue weighted by Crippen LogP contribution is -2.26. The molecule has 1 aliphatic carbocycles. The Morgan fingerprint density at radius 2 is 2.44 bits per heavy atom. The van der Waals surface area contributed by atoms with Gasteiger partial charge in [0.15, 0.2) is 0 Å². The van der Waals surface area contributed by atoms with Gasteiger partial charge in [-0.05, 0) is 24.8 Å². The zero-order valence-corrected chi connectivity index (χ0v) is 9.31. The number of amides is 1. The Kier molecular flexibility index (Phi) is 3.08. The molecule has 1 aromatic heterocycles. The van der Waals surface area contributed by atoms with E-state index in [1.807, 2.05) is 0 Å². The molecule has 0 bridgehead atoms. The number of hydrogen-bond acceptors (Lipinski definition) is 3. The first kappa shape index (κ1) is 10.9. The van der Waals surface area contributed by atoms with E-state index < -0.39 is 0 Å². The van der Waals surface area contributed by atoms with Gasteiger partial charge < -0.3 is 10.4 Å². The van der Waals surface area contributed by atoms with Gasteiger partial charge in [-0.25, -0.2) is 0 Å². The average molecular weight is 220 g/mol. The van der Waals surface area contributed by atoms with Crippen molar-refractivity contribution in [2.24, 2.45) is 5.92 Å². The van der Waals surface area contributed by atoms with Gasteiger partial charge in [-0.3, -0.25) is 9.78 Å². The summed E-state index contributed by atoms with van der Waals surface area (Å²) in [6, 6.07) is 1.74. The van der Waals surface area contributed by atoms with Gasteiger partial charge in [0.25, 0.3) is 5.91 Å². The summed E-state index contributed by atoms with van der Waals surface area (Å²) >= 11 is 0. The molecule has 1 saturated carbocycles. The predicted octanol–water partition coefficient (Wildman–Crippen LogP) is 1.71. The Bertz CT molecular complexity index is 392. The van der Waals surface area contributed by atoms with Crippen LogP contribution in [0.15, 0.2) is 18.5 Å². The molecule has 1 fully saturated rings. The van der Waals surface area contributed by atoms with Crippen molar-refractivity contribution in [2.45, 2.75) is 32.2 Å². The lowest BCUT2D eigenvalue weighted by Gasteiger charge is -2.04. The zero-order valence-electron chi connectivity index (χ0n) is 9.31. The van der Waals surface area contributed by atoms with Gasteiger partial charge >= 0.3 is 0 Å². The van der Waals surface area contributed by atoms with Gasteiger partial charge in [0.1, 0.15) is 5.75 Å². The molecule has 1 amide bonds. The highest BCUT2D eigenvalue weighted by molar-refractivity contribution is 5.94. The van der Waals surface area contributed by atoms with Gasteiger partial charge in [0, 0.05) is 12.2 Å². The summed E-state index contributed by atoms with van der Waals surface area (Å²) < 4.78 is 0. The number of carbonyl (C=O) groups excluding carboxylic acids is 1. The fraction of sp³-hybridized carbons (Fsp3) is 0.500. The Hall–Kier alpha value is -1.58. The third-order valence-electron chi connectivity index (χ3n) is 2.88. The van der Waals surface area contributed by atoms with Gasteiger partial charge in [0.2, 0.25) is 0 Å². The molecular weight excluding hydrogens is 204 g/mol. The molecule has 0 aliphatic heterocycles. The summed E-state index contributed by atoms with van der Waals surface area (Å²) in [5.41, 5.74) is 0.419. The van der Waals surface area contributed by atoms with Crippen molar-refractivity contribution in [2.75, 3.05) is 0 Å². The molecule has 2 N–H and O–H groups in total. The Labute approximate surface area is 94.7 Å². The quantitative estimate of drug-likeness (QED) is 0.812. The highest BCUT2D eigenvalue weighted by atomic mass is 16.3. The Morgan fingerprint density at radius 1 is 1.62 bits per heavy atom. The lowest BCUT2D eigenvalue weighted by molar-refractivity contribution is 0.0948. The second kappa shape index (κ2) is 4.51. The zero-order chi connectivity index (χ0) is 11.5. The van der Waals surface area contributed by atoms with E-state index in [2.05, 4.69) is 17.2 Å². The van der Waals surface area contributed by atoms with Crippen LogP contribution in [0.4, 0.5) is 0 Å². The van der Waals surface area contributed by atoms with E-state index in [-0.39, 0.29) is 11.7 Å². The van der Waals surface area contributed by atoms with Gasteiger partial charge in [-0.1, -0.05) is 13.3 Å². The molecule has 1 heterocycles. The molecular formula is C12H16N2O2. The first-order valence-corrected chi connectivity index (χ1v) is 5.65. The molecule has 2 unspecified atom stereocenters. The van der Waals surface area contributed by atoms with Crippen molar-refractivity contribution in [3.05, 3.63) is 24.0 Å². The van der Waals surface area contributed by atoms with E-state index in [0.29, 0.717) is 17.5 Å². The van der Waals surface area contributed by atoms with Crippen LogP contribution in [-0.4, -0.2) is 22.0 Å². The van der Waals surface area contributed by atoms with Crippen LogP contribution in [0.2, 0.25) is 0 Å². The number of carbonyl (C=O) groups is 1. The van der Waals surface area contributed by atoms with Gasteiger partial charge in [-0.15, -0.1) is 0 Å². The third kappa shape index (κ3) is 2.51. The highest BCUT2D eigenvalue weighted by Crippen LogP contribution is 2.34.